The van der Waals surface area contributed by atoms with Gasteiger partial charge in [-0.1, -0.05) is 30.8 Å². The zero-order valence-corrected chi connectivity index (χ0v) is 25.8. The lowest BCUT2D eigenvalue weighted by atomic mass is 10.0. The summed E-state index contributed by atoms with van der Waals surface area (Å²) in [6, 6.07) is 19.2. The van der Waals surface area contributed by atoms with E-state index >= 15 is 0 Å². The topological polar surface area (TPSA) is 104 Å². The van der Waals surface area contributed by atoms with Gasteiger partial charge in [0.2, 0.25) is 5.91 Å². The van der Waals surface area contributed by atoms with E-state index in [0.717, 1.165) is 37.4 Å². The maximum atomic E-state index is 14.7. The summed E-state index contributed by atoms with van der Waals surface area (Å²) in [7, 11) is 3.69. The van der Waals surface area contributed by atoms with Gasteiger partial charge < -0.3 is 29.9 Å². The second-order valence-electron chi connectivity index (χ2n) is 11.0. The summed E-state index contributed by atoms with van der Waals surface area (Å²) in [5, 5.41) is 7.97. The van der Waals surface area contributed by atoms with Gasteiger partial charge in [-0.15, -0.1) is 0 Å². The number of benzene rings is 3. The van der Waals surface area contributed by atoms with Crippen LogP contribution in [0.3, 0.4) is 0 Å². The van der Waals surface area contributed by atoms with Gasteiger partial charge in [0, 0.05) is 44.7 Å². The van der Waals surface area contributed by atoms with Gasteiger partial charge in [-0.2, -0.15) is 0 Å². The first-order valence-electron chi connectivity index (χ1n) is 15.0. The molecule has 1 atom stereocenters. The standard InChI is InChI=1S/C34H36FN7O4/c1-4-34(43)39-26-19-27(31(44-3)20-29(26)41-15-13-40(2)14-16-41)38-32-21-33(37-22-36-32)42-28(12-17-45-42)23-10-11-25(35)30(18-23)46-24-8-6-5-7-9-24/h4-11,18-22,28H,1,12-17H2,2-3H3,(H,39,43)(H,36,37,38). The number of aromatic nitrogens is 2. The quantitative estimate of drug-likeness (QED) is 0.207. The molecule has 0 spiro atoms. The Morgan fingerprint density at radius 3 is 2.59 bits per heavy atom. The van der Waals surface area contributed by atoms with Crippen LogP contribution in [0.25, 0.3) is 0 Å². The van der Waals surface area contributed by atoms with Crippen LogP contribution < -0.4 is 30.1 Å². The van der Waals surface area contributed by atoms with Gasteiger partial charge in [-0.05, 0) is 49.0 Å². The number of nitrogens with zero attached hydrogens (tertiary/aromatic N) is 5. The number of carbonyl (C=O) groups is 1. The van der Waals surface area contributed by atoms with Crippen molar-refractivity contribution in [3.05, 3.63) is 97.1 Å². The Morgan fingerprint density at radius 1 is 1.02 bits per heavy atom. The molecule has 3 aromatic carbocycles. The van der Waals surface area contributed by atoms with Crippen LogP contribution in [0.15, 0.2) is 85.7 Å². The van der Waals surface area contributed by atoms with E-state index in [1.165, 1.54) is 18.5 Å². The summed E-state index contributed by atoms with van der Waals surface area (Å²) in [4.78, 5) is 31.8. The molecule has 0 aliphatic carbocycles. The van der Waals surface area contributed by atoms with E-state index in [2.05, 4.69) is 44.0 Å². The highest BCUT2D eigenvalue weighted by atomic mass is 19.1. The fourth-order valence-corrected chi connectivity index (χ4v) is 5.52. The van der Waals surface area contributed by atoms with Crippen LogP contribution in [0.4, 0.5) is 33.1 Å². The Labute approximate surface area is 267 Å². The van der Waals surface area contributed by atoms with E-state index in [0.29, 0.717) is 47.5 Å². The molecule has 46 heavy (non-hydrogen) atoms. The number of hydroxylamine groups is 1. The van der Waals surface area contributed by atoms with E-state index in [9.17, 15) is 9.18 Å². The SMILES string of the molecule is C=CC(=O)Nc1cc(Nc2cc(N3OCCC3c3ccc(F)c(Oc4ccccc4)c3)ncn2)c(OC)cc1N1CCN(C)CC1. The lowest BCUT2D eigenvalue weighted by molar-refractivity contribution is -0.111. The molecule has 2 aliphatic rings. The fourth-order valence-electron chi connectivity index (χ4n) is 5.52. The molecule has 238 valence electrons. The fraction of sp³-hybridized carbons (Fsp3) is 0.265. The smallest absolute Gasteiger partial charge is 0.247 e. The zero-order chi connectivity index (χ0) is 32.0. The molecule has 1 amide bonds. The minimum Gasteiger partial charge on any atom is -0.494 e. The van der Waals surface area contributed by atoms with Crippen LogP contribution >= 0.6 is 0 Å². The predicted molar refractivity (Wildman–Crippen MR) is 176 cm³/mol. The van der Waals surface area contributed by atoms with Crippen molar-refractivity contribution in [1.82, 2.24) is 14.9 Å². The molecule has 1 aromatic heterocycles. The molecular formula is C34H36FN7O4. The molecule has 2 aliphatic heterocycles. The van der Waals surface area contributed by atoms with E-state index in [-0.39, 0.29) is 17.7 Å². The Bertz CT molecular complexity index is 1700. The van der Waals surface area contributed by atoms with Crippen LogP contribution in [0.2, 0.25) is 0 Å². The first-order chi connectivity index (χ1) is 22.4. The van der Waals surface area contributed by atoms with Gasteiger partial charge in [0.25, 0.3) is 0 Å². The Kier molecular flexibility index (Phi) is 9.27. The molecule has 0 radical (unpaired) electrons. The van der Waals surface area contributed by atoms with E-state index in [4.69, 9.17) is 14.3 Å². The van der Waals surface area contributed by atoms with Gasteiger partial charge in [0.1, 0.15) is 23.6 Å². The molecule has 12 heteroatoms. The molecule has 3 heterocycles. The van der Waals surface area contributed by atoms with Crippen molar-refractivity contribution >= 4 is 34.6 Å². The molecule has 1 unspecified atom stereocenters. The number of hydrogen-bond acceptors (Lipinski definition) is 10. The number of para-hydroxylation sites is 1. The van der Waals surface area contributed by atoms with Crippen molar-refractivity contribution in [3.8, 4) is 17.2 Å². The summed E-state index contributed by atoms with van der Waals surface area (Å²) in [5.41, 5.74) is 2.91. The van der Waals surface area contributed by atoms with Crippen LogP contribution in [0.5, 0.6) is 17.2 Å². The monoisotopic (exact) mass is 625 g/mol. The number of hydrogen-bond donors (Lipinski definition) is 2. The second-order valence-corrected chi connectivity index (χ2v) is 11.0. The average Bonchev–Trinajstić information content (AvgIpc) is 3.57. The molecule has 2 fully saturated rings. The summed E-state index contributed by atoms with van der Waals surface area (Å²) in [6.07, 6.45) is 3.35. The number of ether oxygens (including phenoxy) is 2. The van der Waals surface area contributed by atoms with Crippen LogP contribution in [-0.2, 0) is 9.63 Å². The van der Waals surface area contributed by atoms with Crippen molar-refractivity contribution in [3.63, 3.8) is 0 Å². The minimum absolute atomic E-state index is 0.132. The summed E-state index contributed by atoms with van der Waals surface area (Å²) in [5.74, 6) is 1.49. The van der Waals surface area contributed by atoms with Gasteiger partial charge in [-0.25, -0.2) is 19.4 Å². The summed E-state index contributed by atoms with van der Waals surface area (Å²) < 4.78 is 26.3. The number of rotatable bonds is 10. The maximum absolute atomic E-state index is 14.7. The zero-order valence-electron chi connectivity index (χ0n) is 25.8. The van der Waals surface area contributed by atoms with Crippen molar-refractivity contribution in [2.45, 2.75) is 12.5 Å². The van der Waals surface area contributed by atoms with E-state index < -0.39 is 5.82 Å². The lowest BCUT2D eigenvalue weighted by Gasteiger charge is -2.35. The van der Waals surface area contributed by atoms with E-state index in [1.807, 2.05) is 30.3 Å². The summed E-state index contributed by atoms with van der Waals surface area (Å²) >= 11 is 0. The Balaban J connectivity index is 1.26. The van der Waals surface area contributed by atoms with Crippen molar-refractivity contribution < 1.29 is 23.5 Å². The highest BCUT2D eigenvalue weighted by molar-refractivity contribution is 6.02. The predicted octanol–water partition coefficient (Wildman–Crippen LogP) is 5.92. The molecule has 2 saturated heterocycles. The Morgan fingerprint density at radius 2 is 1.83 bits per heavy atom. The number of amides is 1. The third kappa shape index (κ3) is 6.87. The number of halogens is 1. The highest BCUT2D eigenvalue weighted by Crippen LogP contribution is 2.40. The van der Waals surface area contributed by atoms with Gasteiger partial charge in [0.05, 0.1) is 36.8 Å². The van der Waals surface area contributed by atoms with Crippen molar-refractivity contribution in [2.75, 3.05) is 67.5 Å². The largest absolute Gasteiger partial charge is 0.494 e. The number of anilines is 5. The minimum atomic E-state index is -0.456. The number of piperazine rings is 1. The third-order valence-electron chi connectivity index (χ3n) is 7.96. The third-order valence-corrected chi connectivity index (χ3v) is 7.96. The first kappa shape index (κ1) is 30.8. The van der Waals surface area contributed by atoms with Gasteiger partial charge in [-0.3, -0.25) is 9.63 Å². The summed E-state index contributed by atoms with van der Waals surface area (Å²) in [6.45, 7) is 7.48. The van der Waals surface area contributed by atoms with Crippen LogP contribution in [0, 0.1) is 5.82 Å². The molecule has 6 rings (SSSR count). The molecule has 11 nitrogen and oxygen atoms in total. The molecule has 2 N–H and O–H groups in total. The van der Waals surface area contributed by atoms with Gasteiger partial charge >= 0.3 is 0 Å². The normalized spacial score (nSPS) is 16.6. The molecule has 0 bridgehead atoms. The van der Waals surface area contributed by atoms with Gasteiger partial charge in [0.15, 0.2) is 17.4 Å². The number of likely N-dealkylation sites (N-methyl/N-ethyl adjacent to an activating group) is 1. The van der Waals surface area contributed by atoms with Crippen LogP contribution in [0.1, 0.15) is 18.0 Å². The molecular weight excluding hydrogens is 589 g/mol. The maximum Gasteiger partial charge on any atom is 0.247 e. The number of nitrogens with one attached hydrogen (secondary N) is 2. The Hall–Kier alpha value is -5.20. The van der Waals surface area contributed by atoms with Crippen molar-refractivity contribution in [1.29, 1.82) is 0 Å². The second kappa shape index (κ2) is 13.8. The van der Waals surface area contributed by atoms with Crippen LogP contribution in [-0.4, -0.2) is 67.7 Å². The average molecular weight is 626 g/mol. The number of methoxy groups -OCH3 is 1. The molecule has 0 saturated carbocycles. The van der Waals surface area contributed by atoms with Crippen molar-refractivity contribution in [2.24, 2.45) is 0 Å². The van der Waals surface area contributed by atoms with E-state index in [1.54, 1.807) is 42.5 Å². The highest BCUT2D eigenvalue weighted by Gasteiger charge is 2.30. The molecule has 4 aromatic rings. The number of carbonyl (C=O) groups excluding carboxylic acids is 1. The first-order valence-corrected chi connectivity index (χ1v) is 15.0. The lowest BCUT2D eigenvalue weighted by Crippen LogP contribution is -2.44.